The fourth-order valence-electron chi connectivity index (χ4n) is 3.76. The number of carboxylic acid groups (broad SMARTS) is 2. The smallest absolute Gasteiger partial charge is 0.414 e. The third-order valence-electron chi connectivity index (χ3n) is 5.65. The molecule has 3 rings (SSSR count). The zero-order chi connectivity index (χ0) is 25.6. The summed E-state index contributed by atoms with van der Waals surface area (Å²) < 4.78 is 11.2. The van der Waals surface area contributed by atoms with E-state index in [0.717, 1.165) is 31.8 Å². The van der Waals surface area contributed by atoms with Crippen LogP contribution in [0.3, 0.4) is 0 Å². The topological polar surface area (TPSA) is 117 Å². The Hall–Kier alpha value is -3.65. The second kappa shape index (κ2) is 14.6. The number of benzene rings is 2. The predicted molar refractivity (Wildman–Crippen MR) is 132 cm³/mol. The van der Waals surface area contributed by atoms with Crippen LogP contribution in [0.5, 0.6) is 0 Å². The first-order chi connectivity index (χ1) is 16.8. The van der Waals surface area contributed by atoms with Gasteiger partial charge in [0.05, 0.1) is 18.8 Å². The van der Waals surface area contributed by atoms with Crippen molar-refractivity contribution in [3.63, 3.8) is 0 Å². The first-order valence-corrected chi connectivity index (χ1v) is 11.7. The summed E-state index contributed by atoms with van der Waals surface area (Å²) in [4.78, 5) is 33.5. The maximum absolute atomic E-state index is 12.9. The molecule has 8 nitrogen and oxygen atoms in total. The number of carbonyl (C=O) groups is 3. The molecule has 0 aliphatic rings. The van der Waals surface area contributed by atoms with Gasteiger partial charge in [0.25, 0.3) is 0 Å². The van der Waals surface area contributed by atoms with E-state index >= 15 is 0 Å². The number of aliphatic carboxylic acids is 2. The van der Waals surface area contributed by atoms with Crippen molar-refractivity contribution in [2.75, 3.05) is 26.2 Å². The molecular weight excluding hydrogens is 450 g/mol. The summed E-state index contributed by atoms with van der Waals surface area (Å²) in [7, 11) is 0. The Morgan fingerprint density at radius 1 is 0.914 bits per heavy atom. The third-order valence-corrected chi connectivity index (χ3v) is 5.65. The van der Waals surface area contributed by atoms with Crippen LogP contribution in [0.1, 0.15) is 31.6 Å². The summed E-state index contributed by atoms with van der Waals surface area (Å²) in [5.41, 5.74) is 1.17. The van der Waals surface area contributed by atoms with Crippen LogP contribution in [0.15, 0.2) is 65.3 Å². The van der Waals surface area contributed by atoms with Crippen molar-refractivity contribution in [3.05, 3.63) is 72.2 Å². The van der Waals surface area contributed by atoms with Crippen molar-refractivity contribution in [1.82, 2.24) is 4.90 Å². The summed E-state index contributed by atoms with van der Waals surface area (Å²) in [6.07, 6.45) is 3.69. The fraction of sp³-hybridized carbons (Fsp3) is 0.370. The molecule has 0 bridgehead atoms. The molecule has 0 radical (unpaired) electrons. The molecule has 2 N–H and O–H groups in total. The molecule has 3 aromatic rings. The highest BCUT2D eigenvalue weighted by atomic mass is 16.5. The number of fused-ring (bicyclic) bond motifs is 1. The first kappa shape index (κ1) is 27.6. The van der Waals surface area contributed by atoms with Gasteiger partial charge >= 0.3 is 17.9 Å². The van der Waals surface area contributed by atoms with Gasteiger partial charge in [-0.05, 0) is 54.4 Å². The minimum absolute atomic E-state index is 0.145. The van der Waals surface area contributed by atoms with Crippen LogP contribution >= 0.6 is 0 Å². The molecule has 0 saturated carbocycles. The molecule has 1 heterocycles. The van der Waals surface area contributed by atoms with E-state index in [0.29, 0.717) is 19.4 Å². The van der Waals surface area contributed by atoms with Crippen LogP contribution < -0.4 is 0 Å². The van der Waals surface area contributed by atoms with Crippen molar-refractivity contribution in [2.45, 2.75) is 33.1 Å². The van der Waals surface area contributed by atoms with Crippen LogP contribution in [0.25, 0.3) is 10.8 Å². The normalized spacial score (nSPS) is 11.5. The summed E-state index contributed by atoms with van der Waals surface area (Å²) in [5, 5.41) is 17.2. The van der Waals surface area contributed by atoms with Gasteiger partial charge in [0.15, 0.2) is 0 Å². The summed E-state index contributed by atoms with van der Waals surface area (Å²) in [6, 6.07) is 18.3. The zero-order valence-corrected chi connectivity index (χ0v) is 20.2. The molecule has 0 saturated heterocycles. The van der Waals surface area contributed by atoms with Gasteiger partial charge in [-0.25, -0.2) is 9.59 Å². The van der Waals surface area contributed by atoms with Crippen LogP contribution in [-0.2, 0) is 32.0 Å². The number of nitrogens with zero attached hydrogens (tertiary/aromatic N) is 1. The lowest BCUT2D eigenvalue weighted by Gasteiger charge is -2.19. The molecule has 0 amide bonds. The lowest BCUT2D eigenvalue weighted by molar-refractivity contribution is -0.159. The van der Waals surface area contributed by atoms with E-state index in [1.165, 1.54) is 16.3 Å². The van der Waals surface area contributed by atoms with E-state index in [2.05, 4.69) is 49.1 Å². The van der Waals surface area contributed by atoms with Crippen molar-refractivity contribution < 1.29 is 33.8 Å². The van der Waals surface area contributed by atoms with E-state index in [9.17, 15) is 4.79 Å². The second-order valence-electron chi connectivity index (χ2n) is 7.98. The summed E-state index contributed by atoms with van der Waals surface area (Å²) in [6.45, 7) is 7.75. The Labute approximate surface area is 205 Å². The molecule has 1 unspecified atom stereocenters. The highest BCUT2D eigenvalue weighted by Gasteiger charge is 2.23. The molecule has 188 valence electrons. The van der Waals surface area contributed by atoms with Crippen LogP contribution in [0, 0.1) is 5.92 Å². The Bertz CT molecular complexity index is 1060. The SMILES string of the molecule is CCN(CC)CCCOC(=O)C(Cc1ccco1)Cc1cccc2ccccc12.O=C(O)C(=O)O. The van der Waals surface area contributed by atoms with Crippen LogP contribution in [-0.4, -0.2) is 59.3 Å². The average molecular weight is 484 g/mol. The number of rotatable bonds is 11. The molecule has 0 spiro atoms. The van der Waals surface area contributed by atoms with Crippen LogP contribution in [0.2, 0.25) is 0 Å². The van der Waals surface area contributed by atoms with Gasteiger partial charge < -0.3 is 24.3 Å². The quantitative estimate of drug-likeness (QED) is 0.236. The Kier molecular flexibility index (Phi) is 11.5. The fourth-order valence-corrected chi connectivity index (χ4v) is 3.76. The zero-order valence-electron chi connectivity index (χ0n) is 20.2. The Morgan fingerprint density at radius 2 is 1.60 bits per heavy atom. The highest BCUT2D eigenvalue weighted by molar-refractivity contribution is 6.27. The first-order valence-electron chi connectivity index (χ1n) is 11.7. The number of hydrogen-bond acceptors (Lipinski definition) is 6. The minimum atomic E-state index is -1.82. The largest absolute Gasteiger partial charge is 0.473 e. The number of esters is 1. The molecule has 2 aromatic carbocycles. The lowest BCUT2D eigenvalue weighted by atomic mass is 9.92. The Morgan fingerprint density at radius 3 is 2.23 bits per heavy atom. The predicted octanol–water partition coefficient (Wildman–Crippen LogP) is 4.26. The third kappa shape index (κ3) is 9.25. The molecule has 35 heavy (non-hydrogen) atoms. The van der Waals surface area contributed by atoms with E-state index in [1.54, 1.807) is 6.26 Å². The van der Waals surface area contributed by atoms with Crippen molar-refractivity contribution in [2.24, 2.45) is 5.92 Å². The van der Waals surface area contributed by atoms with E-state index in [-0.39, 0.29) is 11.9 Å². The van der Waals surface area contributed by atoms with Gasteiger partial charge in [-0.3, -0.25) is 4.79 Å². The van der Waals surface area contributed by atoms with Gasteiger partial charge in [0.1, 0.15) is 5.76 Å². The number of carbonyl (C=O) groups excluding carboxylic acids is 1. The van der Waals surface area contributed by atoms with Crippen LogP contribution in [0.4, 0.5) is 0 Å². The lowest BCUT2D eigenvalue weighted by Crippen LogP contribution is -2.27. The number of carboxylic acids is 2. The number of furan rings is 1. The highest BCUT2D eigenvalue weighted by Crippen LogP contribution is 2.24. The maximum atomic E-state index is 12.9. The van der Waals surface area contributed by atoms with E-state index < -0.39 is 11.9 Å². The molecule has 0 aliphatic heterocycles. The minimum Gasteiger partial charge on any atom is -0.473 e. The molecule has 1 atom stereocenters. The summed E-state index contributed by atoms with van der Waals surface area (Å²) in [5.74, 6) is -3.24. The number of ether oxygens (including phenoxy) is 1. The van der Waals surface area contributed by atoms with Gasteiger partial charge in [-0.2, -0.15) is 0 Å². The Balaban J connectivity index is 0.000000641. The molecular formula is C27H33NO7. The molecule has 0 fully saturated rings. The standard InChI is InChI=1S/C25H31NO3.C2H2O4/c1-3-26(4-2)15-9-17-29-25(27)22(19-23-13-8-16-28-23)18-21-12-7-11-20-10-5-6-14-24(20)21;3-1(4)2(5)6/h5-8,10-14,16,22H,3-4,9,15,17-19H2,1-2H3;(H,3,4)(H,5,6). The van der Waals surface area contributed by atoms with Crippen molar-refractivity contribution >= 4 is 28.7 Å². The average Bonchev–Trinajstić information content (AvgIpc) is 3.37. The second-order valence-corrected chi connectivity index (χ2v) is 7.98. The van der Waals surface area contributed by atoms with Gasteiger partial charge in [0.2, 0.25) is 0 Å². The maximum Gasteiger partial charge on any atom is 0.414 e. The van der Waals surface area contributed by atoms with Crippen molar-refractivity contribution in [1.29, 1.82) is 0 Å². The molecule has 8 heteroatoms. The van der Waals surface area contributed by atoms with E-state index in [1.807, 2.05) is 24.3 Å². The van der Waals surface area contributed by atoms with Crippen molar-refractivity contribution in [3.8, 4) is 0 Å². The molecule has 0 aliphatic carbocycles. The monoisotopic (exact) mass is 483 g/mol. The molecule has 1 aromatic heterocycles. The van der Waals surface area contributed by atoms with Gasteiger partial charge in [0, 0.05) is 13.0 Å². The van der Waals surface area contributed by atoms with E-state index in [4.69, 9.17) is 29.0 Å². The number of hydrogen-bond donors (Lipinski definition) is 2. The van der Waals surface area contributed by atoms with Gasteiger partial charge in [-0.1, -0.05) is 56.3 Å². The summed E-state index contributed by atoms with van der Waals surface area (Å²) >= 11 is 0. The van der Waals surface area contributed by atoms with Gasteiger partial charge in [-0.15, -0.1) is 0 Å².